The molecule has 1 amide bonds. The van der Waals surface area contributed by atoms with E-state index in [2.05, 4.69) is 39.1 Å². The number of aliphatic hydroxyl groups excluding tert-OH is 1. The monoisotopic (exact) mass is 414 g/mol. The molecule has 158 valence electrons. The van der Waals surface area contributed by atoms with Crippen molar-refractivity contribution in [3.8, 4) is 11.4 Å². The van der Waals surface area contributed by atoms with Gasteiger partial charge in [-0.3, -0.25) is 9.69 Å². The Balaban J connectivity index is 1.26. The van der Waals surface area contributed by atoms with E-state index in [1.165, 1.54) is 11.1 Å². The standard InChI is InChI=1S/C25H26N4O2/c30-23-17-29(15-12-22(23)28-14-11-18-6-4-5-9-20(18)16-28)25(31)21-10-13-26-24(27-21)19-7-2-1-3-8-19/h1-10,13,22-23,30H,11-12,14-17H2/t22-,23-/m0/s1. The Kier molecular flexibility index (Phi) is 5.49. The summed E-state index contributed by atoms with van der Waals surface area (Å²) in [6.45, 7) is 2.74. The minimum atomic E-state index is -0.571. The normalized spacial score (nSPS) is 21.5. The fraction of sp³-hybridized carbons (Fsp3) is 0.320. The predicted molar refractivity (Wildman–Crippen MR) is 118 cm³/mol. The topological polar surface area (TPSA) is 69.6 Å². The van der Waals surface area contributed by atoms with Crippen molar-refractivity contribution in [2.75, 3.05) is 19.6 Å². The van der Waals surface area contributed by atoms with Gasteiger partial charge in [0.05, 0.1) is 6.10 Å². The quantitative estimate of drug-likeness (QED) is 0.714. The zero-order valence-electron chi connectivity index (χ0n) is 17.4. The molecule has 31 heavy (non-hydrogen) atoms. The molecule has 0 saturated carbocycles. The van der Waals surface area contributed by atoms with Crippen LogP contribution in [0.2, 0.25) is 0 Å². The molecule has 1 N–H and O–H groups in total. The van der Waals surface area contributed by atoms with Gasteiger partial charge in [-0.2, -0.15) is 0 Å². The Hall–Kier alpha value is -3.09. The van der Waals surface area contributed by atoms with Crippen LogP contribution >= 0.6 is 0 Å². The van der Waals surface area contributed by atoms with Gasteiger partial charge in [-0.1, -0.05) is 54.6 Å². The summed E-state index contributed by atoms with van der Waals surface area (Å²) in [7, 11) is 0. The number of rotatable bonds is 3. The first kappa shape index (κ1) is 19.8. The van der Waals surface area contributed by atoms with E-state index in [0.717, 1.165) is 31.5 Å². The number of hydrogen-bond donors (Lipinski definition) is 1. The third kappa shape index (κ3) is 4.09. The van der Waals surface area contributed by atoms with Gasteiger partial charge in [0.2, 0.25) is 0 Å². The van der Waals surface area contributed by atoms with Crippen LogP contribution in [0.1, 0.15) is 28.0 Å². The molecule has 3 heterocycles. The molecule has 0 bridgehead atoms. The summed E-state index contributed by atoms with van der Waals surface area (Å²) in [6.07, 6.45) is 2.81. The first-order valence-electron chi connectivity index (χ1n) is 10.9. The first-order chi connectivity index (χ1) is 15.2. The summed E-state index contributed by atoms with van der Waals surface area (Å²) in [5, 5.41) is 10.9. The van der Waals surface area contributed by atoms with E-state index in [1.807, 2.05) is 30.3 Å². The maximum atomic E-state index is 13.1. The molecule has 2 aliphatic heterocycles. The molecular formula is C25H26N4O2. The Bertz CT molecular complexity index is 1070. The molecule has 3 aromatic rings. The van der Waals surface area contributed by atoms with Crippen LogP contribution in [-0.4, -0.2) is 62.6 Å². The van der Waals surface area contributed by atoms with Gasteiger partial charge in [-0.15, -0.1) is 0 Å². The molecule has 6 heteroatoms. The fourth-order valence-corrected chi connectivity index (χ4v) is 4.70. The van der Waals surface area contributed by atoms with Gasteiger partial charge in [0.25, 0.3) is 5.91 Å². The number of piperidine rings is 1. The first-order valence-corrected chi connectivity index (χ1v) is 10.9. The summed E-state index contributed by atoms with van der Waals surface area (Å²) >= 11 is 0. The second-order valence-corrected chi connectivity index (χ2v) is 8.30. The molecule has 2 aromatic carbocycles. The number of β-amino-alcohol motifs (C(OH)–C–C–N with tert-alkyl or cyclic N) is 1. The number of aliphatic hydroxyl groups is 1. The Morgan fingerprint density at radius 2 is 1.74 bits per heavy atom. The van der Waals surface area contributed by atoms with Crippen molar-refractivity contribution in [1.29, 1.82) is 0 Å². The van der Waals surface area contributed by atoms with Crippen LogP contribution in [-0.2, 0) is 13.0 Å². The zero-order chi connectivity index (χ0) is 21.2. The summed E-state index contributed by atoms with van der Waals surface area (Å²) in [6, 6.07) is 19.9. The van der Waals surface area contributed by atoms with Crippen LogP contribution in [0.3, 0.4) is 0 Å². The van der Waals surface area contributed by atoms with Crippen LogP contribution in [0, 0.1) is 0 Å². The van der Waals surface area contributed by atoms with Gasteiger partial charge >= 0.3 is 0 Å². The third-order valence-corrected chi connectivity index (χ3v) is 6.37. The largest absolute Gasteiger partial charge is 0.390 e. The summed E-state index contributed by atoms with van der Waals surface area (Å²) < 4.78 is 0. The lowest BCUT2D eigenvalue weighted by Crippen LogP contribution is -2.56. The third-order valence-electron chi connectivity index (χ3n) is 6.37. The van der Waals surface area contributed by atoms with E-state index in [0.29, 0.717) is 24.6 Å². The van der Waals surface area contributed by atoms with Gasteiger partial charge in [-0.25, -0.2) is 9.97 Å². The van der Waals surface area contributed by atoms with Crippen molar-refractivity contribution in [1.82, 2.24) is 19.8 Å². The minimum absolute atomic E-state index is 0.0719. The fourth-order valence-electron chi connectivity index (χ4n) is 4.70. The highest BCUT2D eigenvalue weighted by atomic mass is 16.3. The smallest absolute Gasteiger partial charge is 0.272 e. The van der Waals surface area contributed by atoms with Gasteiger partial charge in [0.15, 0.2) is 5.82 Å². The number of amides is 1. The van der Waals surface area contributed by atoms with Crippen molar-refractivity contribution in [3.63, 3.8) is 0 Å². The van der Waals surface area contributed by atoms with Gasteiger partial charge in [0, 0.05) is 44.0 Å². The van der Waals surface area contributed by atoms with Gasteiger partial charge in [-0.05, 0) is 30.0 Å². The number of likely N-dealkylation sites (tertiary alicyclic amines) is 1. The summed E-state index contributed by atoms with van der Waals surface area (Å²) in [5.41, 5.74) is 3.99. The minimum Gasteiger partial charge on any atom is -0.390 e. The Morgan fingerprint density at radius 1 is 0.968 bits per heavy atom. The van der Waals surface area contributed by atoms with E-state index in [4.69, 9.17) is 0 Å². The number of benzene rings is 2. The molecule has 0 aliphatic carbocycles. The SMILES string of the molecule is O=C(c1ccnc(-c2ccccc2)n1)N1CC[C@H](N2CCc3ccccc3C2)[C@@H](O)C1. The van der Waals surface area contributed by atoms with Crippen LogP contribution in [0.15, 0.2) is 66.9 Å². The molecule has 6 nitrogen and oxygen atoms in total. The number of nitrogens with zero attached hydrogens (tertiary/aromatic N) is 4. The second kappa shape index (κ2) is 8.57. The highest BCUT2D eigenvalue weighted by Crippen LogP contribution is 2.26. The lowest BCUT2D eigenvalue weighted by molar-refractivity contribution is -0.0139. The van der Waals surface area contributed by atoms with Crippen molar-refractivity contribution in [2.24, 2.45) is 0 Å². The maximum absolute atomic E-state index is 13.1. The summed E-state index contributed by atoms with van der Waals surface area (Å²) in [4.78, 5) is 26.0. The maximum Gasteiger partial charge on any atom is 0.272 e. The van der Waals surface area contributed by atoms with Gasteiger partial charge in [0.1, 0.15) is 5.69 Å². The van der Waals surface area contributed by atoms with Crippen LogP contribution in [0.25, 0.3) is 11.4 Å². The number of carbonyl (C=O) groups is 1. The van der Waals surface area contributed by atoms with E-state index in [-0.39, 0.29) is 11.9 Å². The average molecular weight is 415 g/mol. The van der Waals surface area contributed by atoms with Crippen LogP contribution in [0.4, 0.5) is 0 Å². The predicted octanol–water partition coefficient (Wildman–Crippen LogP) is 2.78. The zero-order valence-corrected chi connectivity index (χ0v) is 17.4. The lowest BCUT2D eigenvalue weighted by atomic mass is 9.94. The molecule has 5 rings (SSSR count). The molecule has 0 spiro atoms. The lowest BCUT2D eigenvalue weighted by Gasteiger charge is -2.43. The molecule has 1 aromatic heterocycles. The number of aromatic nitrogens is 2. The highest BCUT2D eigenvalue weighted by Gasteiger charge is 2.35. The number of hydrogen-bond acceptors (Lipinski definition) is 5. The molecular weight excluding hydrogens is 388 g/mol. The molecule has 1 saturated heterocycles. The van der Waals surface area contributed by atoms with Crippen molar-refractivity contribution in [3.05, 3.63) is 83.7 Å². The van der Waals surface area contributed by atoms with Gasteiger partial charge < -0.3 is 10.0 Å². The van der Waals surface area contributed by atoms with E-state index in [1.54, 1.807) is 17.2 Å². The van der Waals surface area contributed by atoms with E-state index in [9.17, 15) is 9.90 Å². The molecule has 0 radical (unpaired) electrons. The molecule has 0 unspecified atom stereocenters. The number of fused-ring (bicyclic) bond motifs is 1. The molecule has 2 aliphatic rings. The van der Waals surface area contributed by atoms with Crippen molar-refractivity contribution >= 4 is 5.91 Å². The molecule has 1 fully saturated rings. The van der Waals surface area contributed by atoms with E-state index < -0.39 is 6.10 Å². The van der Waals surface area contributed by atoms with Crippen molar-refractivity contribution in [2.45, 2.75) is 31.5 Å². The highest BCUT2D eigenvalue weighted by molar-refractivity contribution is 5.92. The number of carbonyl (C=O) groups excluding carboxylic acids is 1. The Labute approximate surface area is 182 Å². The molecule has 2 atom stereocenters. The Morgan fingerprint density at radius 3 is 2.55 bits per heavy atom. The average Bonchev–Trinajstić information content (AvgIpc) is 2.84. The second-order valence-electron chi connectivity index (χ2n) is 8.30. The van der Waals surface area contributed by atoms with E-state index >= 15 is 0 Å². The summed E-state index contributed by atoms with van der Waals surface area (Å²) in [5.74, 6) is 0.384. The van der Waals surface area contributed by atoms with Crippen molar-refractivity contribution < 1.29 is 9.90 Å². The van der Waals surface area contributed by atoms with Crippen LogP contribution < -0.4 is 0 Å². The van der Waals surface area contributed by atoms with Crippen LogP contribution in [0.5, 0.6) is 0 Å².